The van der Waals surface area contributed by atoms with Crippen LogP contribution in [0.15, 0.2) is 23.3 Å². The summed E-state index contributed by atoms with van der Waals surface area (Å²) in [6.45, 7) is 11.0. The maximum Gasteiger partial charge on any atom is 0.243 e. The zero-order valence-electron chi connectivity index (χ0n) is 18.5. The van der Waals surface area contributed by atoms with Crippen LogP contribution >= 0.6 is 0 Å². The molecule has 30 heavy (non-hydrogen) atoms. The van der Waals surface area contributed by atoms with E-state index < -0.39 is 0 Å². The molecule has 162 valence electrons. The minimum absolute atomic E-state index is 0.0706. The largest absolute Gasteiger partial charge is 0.379 e. The van der Waals surface area contributed by atoms with Crippen LogP contribution in [0.1, 0.15) is 44.7 Å². The fourth-order valence-corrected chi connectivity index (χ4v) is 4.58. The number of rotatable bonds is 4. The fourth-order valence-electron chi connectivity index (χ4n) is 4.58. The third-order valence-electron chi connectivity index (χ3n) is 6.55. The van der Waals surface area contributed by atoms with Crippen LogP contribution in [0.2, 0.25) is 0 Å². The summed E-state index contributed by atoms with van der Waals surface area (Å²) in [4.78, 5) is 29.0. The van der Waals surface area contributed by atoms with Gasteiger partial charge in [0.1, 0.15) is 0 Å². The molecule has 3 heterocycles. The number of hydrogen-bond acceptors (Lipinski definition) is 5. The van der Waals surface area contributed by atoms with Crippen molar-refractivity contribution in [3.63, 3.8) is 0 Å². The number of ether oxygens (including phenoxy) is 1. The van der Waals surface area contributed by atoms with Gasteiger partial charge in [-0.1, -0.05) is 26.8 Å². The molecule has 1 fully saturated rings. The van der Waals surface area contributed by atoms with Gasteiger partial charge in [-0.25, -0.2) is 5.01 Å². The Morgan fingerprint density at radius 2 is 1.87 bits per heavy atom. The van der Waals surface area contributed by atoms with Crippen LogP contribution in [-0.2, 0) is 19.7 Å². The van der Waals surface area contributed by atoms with Crippen LogP contribution < -0.4 is 4.90 Å². The number of anilines is 1. The lowest BCUT2D eigenvalue weighted by molar-refractivity contribution is -0.132. The molecule has 0 aromatic heterocycles. The van der Waals surface area contributed by atoms with E-state index in [-0.39, 0.29) is 23.1 Å². The van der Waals surface area contributed by atoms with Gasteiger partial charge >= 0.3 is 0 Å². The molecule has 3 aliphatic heterocycles. The van der Waals surface area contributed by atoms with Gasteiger partial charge in [0.25, 0.3) is 0 Å². The smallest absolute Gasteiger partial charge is 0.243 e. The molecule has 1 unspecified atom stereocenters. The summed E-state index contributed by atoms with van der Waals surface area (Å²) in [6.07, 6.45) is 0.965. The molecule has 1 aromatic rings. The number of morpholine rings is 1. The van der Waals surface area contributed by atoms with Crippen molar-refractivity contribution in [2.75, 3.05) is 51.3 Å². The second-order valence-electron chi connectivity index (χ2n) is 9.31. The molecule has 1 atom stereocenters. The Hall–Kier alpha value is -2.25. The quantitative estimate of drug-likeness (QED) is 0.761. The van der Waals surface area contributed by atoms with Crippen LogP contribution in [0.4, 0.5) is 5.69 Å². The van der Waals surface area contributed by atoms with E-state index in [0.29, 0.717) is 19.4 Å². The number of carbonyl (C=O) groups is 2. The van der Waals surface area contributed by atoms with Gasteiger partial charge in [-0.05, 0) is 23.3 Å². The summed E-state index contributed by atoms with van der Waals surface area (Å²) in [5.74, 6) is 0.299. The van der Waals surface area contributed by atoms with Gasteiger partial charge in [0.2, 0.25) is 11.8 Å². The number of nitrogens with zero attached hydrogens (tertiary/aromatic N) is 4. The van der Waals surface area contributed by atoms with E-state index in [1.54, 1.807) is 9.91 Å². The molecule has 0 aliphatic carbocycles. The first-order valence-corrected chi connectivity index (χ1v) is 10.9. The van der Waals surface area contributed by atoms with Crippen molar-refractivity contribution in [2.45, 2.75) is 39.0 Å². The van der Waals surface area contributed by atoms with Gasteiger partial charge in [-0.3, -0.25) is 14.5 Å². The van der Waals surface area contributed by atoms with Crippen LogP contribution in [0.25, 0.3) is 0 Å². The fraction of sp³-hybridized carbons (Fsp3) is 0.609. The maximum absolute atomic E-state index is 12.6. The van der Waals surface area contributed by atoms with E-state index in [9.17, 15) is 9.59 Å². The first kappa shape index (κ1) is 21.0. The average Bonchev–Trinajstić information content (AvgIpc) is 2.72. The zero-order valence-corrected chi connectivity index (χ0v) is 18.5. The third kappa shape index (κ3) is 4.01. The molecule has 7 nitrogen and oxygen atoms in total. The highest BCUT2D eigenvalue weighted by Gasteiger charge is 2.36. The SMILES string of the molecule is CC1CC(=O)N(CCN2CCOCC2)N=C1c1ccc2c(c1)C(C)(C)CC(=O)N2C. The Labute approximate surface area is 178 Å². The van der Waals surface area contributed by atoms with Crippen LogP contribution in [0.5, 0.6) is 0 Å². The minimum Gasteiger partial charge on any atom is -0.379 e. The zero-order chi connectivity index (χ0) is 21.5. The summed E-state index contributed by atoms with van der Waals surface area (Å²) < 4.78 is 5.40. The van der Waals surface area contributed by atoms with Gasteiger partial charge in [0, 0.05) is 56.5 Å². The Morgan fingerprint density at radius 3 is 2.60 bits per heavy atom. The molecule has 2 amide bonds. The van der Waals surface area contributed by atoms with Crippen LogP contribution in [0, 0.1) is 5.92 Å². The van der Waals surface area contributed by atoms with Crippen molar-refractivity contribution in [3.8, 4) is 0 Å². The average molecular weight is 413 g/mol. The molecule has 3 aliphatic rings. The predicted octanol–water partition coefficient (Wildman–Crippen LogP) is 2.24. The Balaban J connectivity index is 1.60. The first-order valence-electron chi connectivity index (χ1n) is 10.9. The highest BCUT2D eigenvalue weighted by Crippen LogP contribution is 2.40. The third-order valence-corrected chi connectivity index (χ3v) is 6.55. The molecule has 0 radical (unpaired) electrons. The Bertz CT molecular complexity index is 873. The van der Waals surface area contributed by atoms with E-state index in [0.717, 1.165) is 55.4 Å². The highest BCUT2D eigenvalue weighted by molar-refractivity contribution is 6.07. The monoisotopic (exact) mass is 412 g/mol. The van der Waals surface area contributed by atoms with Crippen molar-refractivity contribution >= 4 is 23.2 Å². The first-order chi connectivity index (χ1) is 14.3. The van der Waals surface area contributed by atoms with Crippen molar-refractivity contribution in [1.82, 2.24) is 9.91 Å². The summed E-state index contributed by atoms with van der Waals surface area (Å²) in [7, 11) is 1.84. The highest BCUT2D eigenvalue weighted by atomic mass is 16.5. The molecule has 0 bridgehead atoms. The van der Waals surface area contributed by atoms with Crippen molar-refractivity contribution < 1.29 is 14.3 Å². The van der Waals surface area contributed by atoms with Gasteiger partial charge in [-0.2, -0.15) is 5.10 Å². The molecule has 0 saturated carbocycles. The molecule has 4 rings (SSSR count). The van der Waals surface area contributed by atoms with Gasteiger partial charge in [0.05, 0.1) is 25.5 Å². The van der Waals surface area contributed by atoms with Crippen LogP contribution in [0.3, 0.4) is 0 Å². The lowest BCUT2D eigenvalue weighted by Gasteiger charge is -2.37. The van der Waals surface area contributed by atoms with E-state index in [1.165, 1.54) is 0 Å². The number of benzene rings is 1. The topological polar surface area (TPSA) is 65.5 Å². The Morgan fingerprint density at radius 1 is 1.13 bits per heavy atom. The van der Waals surface area contributed by atoms with Crippen molar-refractivity contribution in [2.24, 2.45) is 11.0 Å². The second kappa shape index (κ2) is 8.12. The van der Waals surface area contributed by atoms with Crippen molar-refractivity contribution in [3.05, 3.63) is 29.3 Å². The molecule has 0 spiro atoms. The summed E-state index contributed by atoms with van der Waals surface area (Å²) >= 11 is 0. The molecular formula is C23H32N4O3. The second-order valence-corrected chi connectivity index (χ2v) is 9.31. The summed E-state index contributed by atoms with van der Waals surface area (Å²) in [5, 5.41) is 6.44. The van der Waals surface area contributed by atoms with Gasteiger partial charge in [0.15, 0.2) is 0 Å². The molecule has 0 N–H and O–H groups in total. The number of amides is 2. The van der Waals surface area contributed by atoms with Crippen molar-refractivity contribution in [1.29, 1.82) is 0 Å². The lowest BCUT2D eigenvalue weighted by Crippen LogP contribution is -2.44. The number of hydrogen-bond donors (Lipinski definition) is 0. The summed E-state index contributed by atoms with van der Waals surface area (Å²) in [5.41, 5.74) is 3.90. The van der Waals surface area contributed by atoms with Crippen LogP contribution in [-0.4, -0.2) is 73.9 Å². The molecule has 7 heteroatoms. The number of fused-ring (bicyclic) bond motifs is 1. The van der Waals surface area contributed by atoms with E-state index in [2.05, 4.69) is 31.7 Å². The molecule has 1 aromatic carbocycles. The maximum atomic E-state index is 12.6. The molecule has 1 saturated heterocycles. The predicted molar refractivity (Wildman–Crippen MR) is 117 cm³/mol. The van der Waals surface area contributed by atoms with E-state index in [4.69, 9.17) is 9.84 Å². The number of carbonyl (C=O) groups excluding carboxylic acids is 2. The van der Waals surface area contributed by atoms with E-state index >= 15 is 0 Å². The lowest BCUT2D eigenvalue weighted by atomic mass is 9.76. The van der Waals surface area contributed by atoms with Gasteiger partial charge < -0.3 is 9.64 Å². The normalized spacial score (nSPS) is 24.7. The minimum atomic E-state index is -0.223. The standard InChI is InChI=1S/C23H32N4O3/c1-16-13-20(28)27(8-7-26-9-11-30-12-10-26)24-22(16)17-5-6-19-18(14-17)23(2,3)15-21(29)25(19)4/h5-6,14,16H,7-13,15H2,1-4H3. The van der Waals surface area contributed by atoms with E-state index in [1.807, 2.05) is 19.2 Å². The molecular weight excluding hydrogens is 380 g/mol. The Kier molecular flexibility index (Phi) is 5.68. The van der Waals surface area contributed by atoms with Gasteiger partial charge in [-0.15, -0.1) is 0 Å². The summed E-state index contributed by atoms with van der Waals surface area (Å²) in [6, 6.07) is 6.23. The number of hydrazone groups is 1.